The third kappa shape index (κ3) is 3.85. The van der Waals surface area contributed by atoms with Crippen molar-refractivity contribution in [1.82, 2.24) is 4.90 Å². The Morgan fingerprint density at radius 3 is 2.57 bits per heavy atom. The van der Waals surface area contributed by atoms with E-state index in [0.29, 0.717) is 6.54 Å². The molecule has 0 aliphatic carbocycles. The molecule has 3 nitrogen and oxygen atoms in total. The van der Waals surface area contributed by atoms with Gasteiger partial charge in [-0.3, -0.25) is 0 Å². The summed E-state index contributed by atoms with van der Waals surface area (Å²) in [5.41, 5.74) is 4.21. The van der Waals surface area contributed by atoms with Crippen LogP contribution in [0.15, 0.2) is 46.9 Å². The van der Waals surface area contributed by atoms with Crippen LogP contribution in [0, 0.1) is 13.8 Å². The maximum Gasteiger partial charge on any atom is 0.321 e. The fourth-order valence-electron chi connectivity index (χ4n) is 2.05. The van der Waals surface area contributed by atoms with Gasteiger partial charge in [-0.2, -0.15) is 0 Å². The molecule has 2 aromatic rings. The summed E-state index contributed by atoms with van der Waals surface area (Å²) in [6.45, 7) is 4.60. The van der Waals surface area contributed by atoms with Gasteiger partial charge in [0.25, 0.3) is 0 Å². The fourth-order valence-corrected chi connectivity index (χ4v) is 2.46. The highest BCUT2D eigenvalue weighted by molar-refractivity contribution is 9.10. The SMILES string of the molecule is Cc1cccc(NC(=O)N(C)Cc2ccccc2Br)c1C. The molecule has 0 bridgehead atoms. The quantitative estimate of drug-likeness (QED) is 0.855. The molecule has 0 radical (unpaired) electrons. The van der Waals surface area contributed by atoms with Gasteiger partial charge in [-0.15, -0.1) is 0 Å². The van der Waals surface area contributed by atoms with E-state index in [1.54, 1.807) is 11.9 Å². The first-order chi connectivity index (χ1) is 9.99. The summed E-state index contributed by atoms with van der Waals surface area (Å²) in [6.07, 6.45) is 0. The van der Waals surface area contributed by atoms with Gasteiger partial charge in [0.1, 0.15) is 0 Å². The molecule has 2 amide bonds. The number of urea groups is 1. The van der Waals surface area contributed by atoms with Gasteiger partial charge in [0.2, 0.25) is 0 Å². The topological polar surface area (TPSA) is 32.3 Å². The third-order valence-electron chi connectivity index (χ3n) is 3.56. The number of rotatable bonds is 3. The highest BCUT2D eigenvalue weighted by Gasteiger charge is 2.12. The lowest BCUT2D eigenvalue weighted by Crippen LogP contribution is -2.31. The Kier molecular flexibility index (Phi) is 5.02. The number of halogens is 1. The molecule has 0 fully saturated rings. The summed E-state index contributed by atoms with van der Waals surface area (Å²) < 4.78 is 1.01. The van der Waals surface area contributed by atoms with E-state index in [9.17, 15) is 4.79 Å². The van der Waals surface area contributed by atoms with Crippen LogP contribution in [-0.4, -0.2) is 18.0 Å². The van der Waals surface area contributed by atoms with Crippen LogP contribution in [0.1, 0.15) is 16.7 Å². The van der Waals surface area contributed by atoms with Crippen molar-refractivity contribution in [2.75, 3.05) is 12.4 Å². The predicted octanol–water partition coefficient (Wildman–Crippen LogP) is 4.73. The van der Waals surface area contributed by atoms with Crippen molar-refractivity contribution in [2.24, 2.45) is 0 Å². The van der Waals surface area contributed by atoms with Crippen LogP contribution < -0.4 is 5.32 Å². The van der Waals surface area contributed by atoms with Crippen molar-refractivity contribution in [2.45, 2.75) is 20.4 Å². The van der Waals surface area contributed by atoms with E-state index in [0.717, 1.165) is 21.3 Å². The van der Waals surface area contributed by atoms with Gasteiger partial charge < -0.3 is 10.2 Å². The Labute approximate surface area is 134 Å². The minimum absolute atomic E-state index is 0.112. The fraction of sp³-hybridized carbons (Fsp3) is 0.235. The lowest BCUT2D eigenvalue weighted by molar-refractivity contribution is 0.220. The van der Waals surface area contributed by atoms with Crippen LogP contribution in [0.3, 0.4) is 0 Å². The standard InChI is InChI=1S/C17H19BrN2O/c1-12-7-6-10-16(13(12)2)19-17(21)20(3)11-14-8-4-5-9-15(14)18/h4-10H,11H2,1-3H3,(H,19,21). The molecule has 0 aromatic heterocycles. The molecule has 0 spiro atoms. The summed E-state index contributed by atoms with van der Waals surface area (Å²) in [4.78, 5) is 14.0. The molecule has 0 saturated carbocycles. The van der Waals surface area contributed by atoms with Gasteiger partial charge in [0, 0.05) is 23.8 Å². The average Bonchev–Trinajstić information content (AvgIpc) is 2.46. The Morgan fingerprint density at radius 2 is 1.86 bits per heavy atom. The number of carbonyl (C=O) groups excluding carboxylic acids is 1. The zero-order valence-corrected chi connectivity index (χ0v) is 14.1. The number of hydrogen-bond donors (Lipinski definition) is 1. The van der Waals surface area contributed by atoms with Crippen molar-refractivity contribution < 1.29 is 4.79 Å². The molecule has 0 aliphatic rings. The summed E-state index contributed by atoms with van der Waals surface area (Å²) in [5, 5.41) is 2.96. The first-order valence-electron chi connectivity index (χ1n) is 6.81. The Hall–Kier alpha value is -1.81. The summed E-state index contributed by atoms with van der Waals surface area (Å²) in [7, 11) is 1.79. The van der Waals surface area contributed by atoms with E-state index in [-0.39, 0.29) is 6.03 Å². The average molecular weight is 347 g/mol. The van der Waals surface area contributed by atoms with Crippen molar-refractivity contribution in [3.8, 4) is 0 Å². The minimum Gasteiger partial charge on any atom is -0.323 e. The second kappa shape index (κ2) is 6.76. The number of aryl methyl sites for hydroxylation is 1. The molecule has 0 heterocycles. The summed E-state index contributed by atoms with van der Waals surface area (Å²) >= 11 is 3.50. The van der Waals surface area contributed by atoms with E-state index in [1.165, 1.54) is 5.56 Å². The van der Waals surface area contributed by atoms with Crippen molar-refractivity contribution in [3.63, 3.8) is 0 Å². The zero-order valence-electron chi connectivity index (χ0n) is 12.5. The van der Waals surface area contributed by atoms with E-state index in [2.05, 4.69) is 21.2 Å². The number of benzene rings is 2. The normalized spacial score (nSPS) is 10.3. The summed E-state index contributed by atoms with van der Waals surface area (Å²) in [6, 6.07) is 13.7. The Morgan fingerprint density at radius 1 is 1.14 bits per heavy atom. The van der Waals surface area contributed by atoms with Crippen LogP contribution >= 0.6 is 15.9 Å². The van der Waals surface area contributed by atoms with E-state index < -0.39 is 0 Å². The van der Waals surface area contributed by atoms with E-state index in [4.69, 9.17) is 0 Å². The van der Waals surface area contributed by atoms with Crippen LogP contribution in [0.25, 0.3) is 0 Å². The van der Waals surface area contributed by atoms with Gasteiger partial charge in [0.15, 0.2) is 0 Å². The number of anilines is 1. The molecule has 4 heteroatoms. The number of carbonyl (C=O) groups is 1. The first-order valence-corrected chi connectivity index (χ1v) is 7.60. The molecule has 2 rings (SSSR count). The lowest BCUT2D eigenvalue weighted by Gasteiger charge is -2.20. The van der Waals surface area contributed by atoms with Crippen LogP contribution in [-0.2, 0) is 6.54 Å². The molecule has 110 valence electrons. The highest BCUT2D eigenvalue weighted by atomic mass is 79.9. The largest absolute Gasteiger partial charge is 0.323 e. The highest BCUT2D eigenvalue weighted by Crippen LogP contribution is 2.20. The number of nitrogens with one attached hydrogen (secondary N) is 1. The number of amides is 2. The van der Waals surface area contributed by atoms with E-state index in [1.807, 2.05) is 56.3 Å². The molecule has 1 N–H and O–H groups in total. The smallest absolute Gasteiger partial charge is 0.321 e. The predicted molar refractivity (Wildman–Crippen MR) is 90.5 cm³/mol. The van der Waals surface area contributed by atoms with Gasteiger partial charge in [0.05, 0.1) is 0 Å². The molecular formula is C17H19BrN2O. The monoisotopic (exact) mass is 346 g/mol. The molecule has 0 aliphatic heterocycles. The maximum atomic E-state index is 12.3. The van der Waals surface area contributed by atoms with Crippen molar-refractivity contribution >= 4 is 27.6 Å². The minimum atomic E-state index is -0.112. The van der Waals surface area contributed by atoms with Crippen LogP contribution in [0.5, 0.6) is 0 Å². The Bertz CT molecular complexity index is 655. The first kappa shape index (κ1) is 15.6. The molecule has 2 aromatic carbocycles. The molecule has 0 saturated heterocycles. The van der Waals surface area contributed by atoms with Gasteiger partial charge in [-0.1, -0.05) is 46.3 Å². The molecule has 21 heavy (non-hydrogen) atoms. The van der Waals surface area contributed by atoms with Crippen LogP contribution in [0.2, 0.25) is 0 Å². The third-order valence-corrected chi connectivity index (χ3v) is 4.33. The number of nitrogens with zero attached hydrogens (tertiary/aromatic N) is 1. The van der Waals surface area contributed by atoms with E-state index >= 15 is 0 Å². The van der Waals surface area contributed by atoms with Gasteiger partial charge >= 0.3 is 6.03 Å². The van der Waals surface area contributed by atoms with Crippen molar-refractivity contribution in [1.29, 1.82) is 0 Å². The summed E-state index contributed by atoms with van der Waals surface area (Å²) in [5.74, 6) is 0. The molecule has 0 atom stereocenters. The van der Waals surface area contributed by atoms with Crippen LogP contribution in [0.4, 0.5) is 10.5 Å². The molecule has 0 unspecified atom stereocenters. The maximum absolute atomic E-state index is 12.3. The Balaban J connectivity index is 2.06. The van der Waals surface area contributed by atoms with Crippen molar-refractivity contribution in [3.05, 3.63) is 63.6 Å². The lowest BCUT2D eigenvalue weighted by atomic mass is 10.1. The van der Waals surface area contributed by atoms with Gasteiger partial charge in [-0.05, 0) is 42.7 Å². The second-order valence-corrected chi connectivity index (χ2v) is 5.98. The van der Waals surface area contributed by atoms with Gasteiger partial charge in [-0.25, -0.2) is 4.79 Å². The second-order valence-electron chi connectivity index (χ2n) is 5.13. The molecular weight excluding hydrogens is 328 g/mol. The zero-order chi connectivity index (χ0) is 15.4. The number of hydrogen-bond acceptors (Lipinski definition) is 1.